The number of rotatable bonds is 7. The van der Waals surface area contributed by atoms with Gasteiger partial charge in [0.15, 0.2) is 12.3 Å². The zero-order valence-corrected chi connectivity index (χ0v) is 19.7. The molecule has 11 nitrogen and oxygen atoms in total. The van der Waals surface area contributed by atoms with Crippen LogP contribution in [0.5, 0.6) is 5.75 Å². The number of likely N-dealkylation sites (N-methyl/N-ethyl adjacent to an activating group) is 1. The number of hydrogen-bond donors (Lipinski definition) is 3. The number of carbonyl (C=O) groups is 3. The summed E-state index contributed by atoms with van der Waals surface area (Å²) in [7, 11) is 3.29. The number of anilines is 1. The van der Waals surface area contributed by atoms with Gasteiger partial charge in [0, 0.05) is 25.8 Å². The van der Waals surface area contributed by atoms with Crippen LogP contribution in [0.15, 0.2) is 42.7 Å². The Morgan fingerprint density at radius 3 is 2.60 bits per heavy atom. The fourth-order valence-corrected chi connectivity index (χ4v) is 3.50. The first-order valence-electron chi connectivity index (χ1n) is 10.7. The lowest BCUT2D eigenvalue weighted by molar-refractivity contribution is -0.130. The van der Waals surface area contributed by atoms with E-state index in [-0.39, 0.29) is 29.9 Å². The number of primary amides is 1. The summed E-state index contributed by atoms with van der Waals surface area (Å²) in [6.07, 6.45) is 1.31. The van der Waals surface area contributed by atoms with Crippen molar-refractivity contribution in [3.05, 3.63) is 65.2 Å². The molecule has 3 amide bonds. The van der Waals surface area contributed by atoms with Crippen LogP contribution in [-0.2, 0) is 4.79 Å². The number of nitrogens with two attached hydrogens (primary N) is 1. The highest BCUT2D eigenvalue weighted by Gasteiger charge is 2.25. The van der Waals surface area contributed by atoms with E-state index in [9.17, 15) is 14.4 Å². The first-order valence-corrected chi connectivity index (χ1v) is 10.7. The highest BCUT2D eigenvalue weighted by atomic mass is 16.5. The van der Waals surface area contributed by atoms with Crippen LogP contribution in [0.25, 0.3) is 17.0 Å². The van der Waals surface area contributed by atoms with Gasteiger partial charge >= 0.3 is 0 Å². The smallest absolute Gasteiger partial charge is 0.276 e. The maximum atomic E-state index is 12.9. The number of aryl methyl sites for hydroxylation is 2. The van der Waals surface area contributed by atoms with Crippen molar-refractivity contribution >= 4 is 34.4 Å². The molecule has 180 valence electrons. The SMILES string of the molecule is Cc1ccc(NC(=O)c2ncn(-c3nc4ccc(OCC(=O)N(C)C)cc4[nH]3)c2C(N)=O)c(C)c1. The molecule has 2 heterocycles. The van der Waals surface area contributed by atoms with Crippen LogP contribution < -0.4 is 15.8 Å². The van der Waals surface area contributed by atoms with E-state index in [0.29, 0.717) is 22.5 Å². The zero-order valence-electron chi connectivity index (χ0n) is 19.7. The number of H-pyrrole nitrogens is 1. The Morgan fingerprint density at radius 2 is 1.91 bits per heavy atom. The molecule has 0 aliphatic heterocycles. The number of benzene rings is 2. The Balaban J connectivity index is 1.63. The molecule has 0 atom stereocenters. The lowest BCUT2D eigenvalue weighted by atomic mass is 10.1. The minimum absolute atomic E-state index is 0.105. The number of hydrogen-bond acceptors (Lipinski definition) is 6. The molecule has 0 bridgehead atoms. The second kappa shape index (κ2) is 9.29. The van der Waals surface area contributed by atoms with Crippen molar-refractivity contribution in [2.45, 2.75) is 13.8 Å². The van der Waals surface area contributed by atoms with Gasteiger partial charge in [-0.05, 0) is 37.6 Å². The van der Waals surface area contributed by atoms with Gasteiger partial charge in [0.1, 0.15) is 17.8 Å². The van der Waals surface area contributed by atoms with Crippen LogP contribution in [0.4, 0.5) is 5.69 Å². The maximum Gasteiger partial charge on any atom is 0.276 e. The van der Waals surface area contributed by atoms with Crippen molar-refractivity contribution in [2.24, 2.45) is 5.73 Å². The standard InChI is InChI=1S/C24H25N7O4/c1-13-5-7-16(14(2)9-13)27-23(34)20-21(22(25)33)31(12-26-20)24-28-17-8-6-15(10-18(17)29-24)35-11-19(32)30(3)4/h5-10,12H,11H2,1-4H3,(H2,25,33)(H,27,34)(H,28,29). The summed E-state index contributed by atoms with van der Waals surface area (Å²) in [4.78, 5) is 50.1. The minimum atomic E-state index is -0.833. The molecule has 4 rings (SSSR count). The first-order chi connectivity index (χ1) is 16.6. The van der Waals surface area contributed by atoms with Gasteiger partial charge in [-0.25, -0.2) is 9.97 Å². The molecule has 0 aliphatic carbocycles. The normalized spacial score (nSPS) is 10.9. The average molecular weight is 476 g/mol. The molecule has 2 aromatic heterocycles. The van der Waals surface area contributed by atoms with Crippen LogP contribution in [0.3, 0.4) is 0 Å². The Labute approximate surface area is 200 Å². The second-order valence-corrected chi connectivity index (χ2v) is 8.26. The van der Waals surface area contributed by atoms with Crippen molar-refractivity contribution in [3.8, 4) is 11.7 Å². The van der Waals surface area contributed by atoms with Gasteiger partial charge in [0.05, 0.1) is 11.0 Å². The molecule has 0 saturated carbocycles. The Hall–Kier alpha value is -4.67. The molecule has 0 radical (unpaired) electrons. The molecule has 2 aromatic carbocycles. The average Bonchev–Trinajstić information content (AvgIpc) is 3.43. The molecular weight excluding hydrogens is 450 g/mol. The lowest BCUT2D eigenvalue weighted by Gasteiger charge is -2.11. The van der Waals surface area contributed by atoms with Gasteiger partial charge in [-0.15, -0.1) is 0 Å². The number of aromatic amines is 1. The van der Waals surface area contributed by atoms with Crippen molar-refractivity contribution in [2.75, 3.05) is 26.0 Å². The molecule has 0 spiro atoms. The van der Waals surface area contributed by atoms with Crippen LogP contribution in [0.2, 0.25) is 0 Å². The summed E-state index contributed by atoms with van der Waals surface area (Å²) in [5, 5.41) is 2.78. The van der Waals surface area contributed by atoms with Crippen molar-refractivity contribution in [1.82, 2.24) is 24.4 Å². The molecule has 4 aromatic rings. The number of aromatic nitrogens is 4. The number of amides is 3. The molecule has 0 unspecified atom stereocenters. The highest BCUT2D eigenvalue weighted by Crippen LogP contribution is 2.23. The highest BCUT2D eigenvalue weighted by molar-refractivity contribution is 6.10. The zero-order chi connectivity index (χ0) is 25.3. The molecule has 4 N–H and O–H groups in total. The van der Waals surface area contributed by atoms with Crippen LogP contribution in [0.1, 0.15) is 32.1 Å². The van der Waals surface area contributed by atoms with Crippen LogP contribution in [-0.4, -0.2) is 62.8 Å². The Bertz CT molecular complexity index is 1450. The third-order valence-electron chi connectivity index (χ3n) is 5.38. The van der Waals surface area contributed by atoms with Crippen molar-refractivity contribution in [3.63, 3.8) is 0 Å². The first kappa shape index (κ1) is 23.5. The summed E-state index contributed by atoms with van der Waals surface area (Å²) >= 11 is 0. The van der Waals surface area contributed by atoms with E-state index in [4.69, 9.17) is 10.5 Å². The van der Waals surface area contributed by atoms with Crippen LogP contribution in [0, 0.1) is 13.8 Å². The van der Waals surface area contributed by atoms with Crippen molar-refractivity contribution in [1.29, 1.82) is 0 Å². The molecule has 35 heavy (non-hydrogen) atoms. The van der Waals surface area contributed by atoms with Gasteiger partial charge in [0.2, 0.25) is 5.95 Å². The fourth-order valence-electron chi connectivity index (χ4n) is 3.50. The monoisotopic (exact) mass is 475 g/mol. The number of carbonyl (C=O) groups excluding carboxylic acids is 3. The topological polar surface area (TPSA) is 148 Å². The summed E-state index contributed by atoms with van der Waals surface area (Å²) in [6, 6.07) is 10.7. The number of nitrogens with one attached hydrogen (secondary N) is 2. The molecule has 0 fully saturated rings. The molecule has 11 heteroatoms. The van der Waals surface area contributed by atoms with E-state index in [0.717, 1.165) is 11.1 Å². The largest absolute Gasteiger partial charge is 0.484 e. The second-order valence-electron chi connectivity index (χ2n) is 8.26. The van der Waals surface area contributed by atoms with Gasteiger partial charge in [-0.2, -0.15) is 0 Å². The van der Waals surface area contributed by atoms with E-state index in [1.165, 1.54) is 15.8 Å². The van der Waals surface area contributed by atoms with Gasteiger partial charge in [-0.1, -0.05) is 17.7 Å². The summed E-state index contributed by atoms with van der Waals surface area (Å²) < 4.78 is 6.87. The number of nitrogens with zero attached hydrogens (tertiary/aromatic N) is 4. The predicted octanol–water partition coefficient (Wildman–Crippen LogP) is 2.18. The summed E-state index contributed by atoms with van der Waals surface area (Å²) in [5.41, 5.74) is 9.10. The minimum Gasteiger partial charge on any atom is -0.484 e. The van der Waals surface area contributed by atoms with Gasteiger partial charge < -0.3 is 25.7 Å². The number of fused-ring (bicyclic) bond motifs is 1. The fraction of sp³-hybridized carbons (Fsp3) is 0.208. The Kier molecular flexibility index (Phi) is 6.24. The van der Waals surface area contributed by atoms with Gasteiger partial charge in [0.25, 0.3) is 17.7 Å². The maximum absolute atomic E-state index is 12.9. The van der Waals surface area contributed by atoms with Crippen molar-refractivity contribution < 1.29 is 19.1 Å². The molecule has 0 saturated heterocycles. The van der Waals surface area contributed by atoms with Crippen LogP contribution >= 0.6 is 0 Å². The van der Waals surface area contributed by atoms with E-state index in [1.807, 2.05) is 26.0 Å². The molecular formula is C24H25N7O4. The quantitative estimate of drug-likeness (QED) is 0.373. The van der Waals surface area contributed by atoms with E-state index in [1.54, 1.807) is 38.4 Å². The third kappa shape index (κ3) is 4.83. The molecule has 0 aliphatic rings. The van der Waals surface area contributed by atoms with E-state index in [2.05, 4.69) is 20.3 Å². The van der Waals surface area contributed by atoms with E-state index >= 15 is 0 Å². The lowest BCUT2D eigenvalue weighted by Crippen LogP contribution is -2.27. The van der Waals surface area contributed by atoms with Gasteiger partial charge in [-0.3, -0.25) is 19.0 Å². The Morgan fingerprint density at radius 1 is 1.14 bits per heavy atom. The predicted molar refractivity (Wildman–Crippen MR) is 130 cm³/mol. The third-order valence-corrected chi connectivity index (χ3v) is 5.38. The van der Waals surface area contributed by atoms with E-state index < -0.39 is 11.8 Å². The number of ether oxygens (including phenoxy) is 1. The summed E-state index contributed by atoms with van der Waals surface area (Å²) in [6.45, 7) is 3.72. The number of imidazole rings is 2. The summed E-state index contributed by atoms with van der Waals surface area (Å²) in [5.74, 6) is -0.862.